The summed E-state index contributed by atoms with van der Waals surface area (Å²) in [6.07, 6.45) is 2.24. The monoisotopic (exact) mass is 417 g/mol. The average molecular weight is 418 g/mol. The van der Waals surface area contributed by atoms with E-state index in [2.05, 4.69) is 21.2 Å². The molecule has 0 radical (unpaired) electrons. The molecule has 0 bridgehead atoms. The lowest BCUT2D eigenvalue weighted by Crippen LogP contribution is -2.36. The topological polar surface area (TPSA) is 75.4 Å². The maximum absolute atomic E-state index is 12.5. The van der Waals surface area contributed by atoms with Crippen LogP contribution in [-0.2, 0) is 17.6 Å². The van der Waals surface area contributed by atoms with Crippen molar-refractivity contribution in [3.8, 4) is 0 Å². The van der Waals surface area contributed by atoms with Crippen LogP contribution in [0.5, 0.6) is 0 Å². The molecule has 6 nitrogen and oxygen atoms in total. The lowest BCUT2D eigenvalue weighted by Gasteiger charge is -2.21. The molecule has 0 atom stereocenters. The molecule has 1 aliphatic rings. The van der Waals surface area contributed by atoms with Crippen LogP contribution < -0.4 is 10.6 Å². The van der Waals surface area contributed by atoms with E-state index in [1.807, 2.05) is 29.2 Å². The highest BCUT2D eigenvalue weighted by atomic mass is 35.5. The number of carbonyl (C=O) groups excluding carboxylic acids is 1. The zero-order valence-electron chi connectivity index (χ0n) is 14.8. The SMILES string of the molecule is CCc1nsc(N2CCCN(C(=O)Cc3ccc(N)cc3)CC2)n1.Cl.Cl. The van der Waals surface area contributed by atoms with Crippen LogP contribution in [0, 0.1) is 0 Å². The first-order valence-electron chi connectivity index (χ1n) is 8.35. The van der Waals surface area contributed by atoms with Crippen molar-refractivity contribution in [2.75, 3.05) is 36.8 Å². The Kier molecular flexibility index (Phi) is 9.12. The minimum atomic E-state index is 0. The van der Waals surface area contributed by atoms with Crippen LogP contribution in [0.25, 0.3) is 0 Å². The van der Waals surface area contributed by atoms with Gasteiger partial charge in [-0.15, -0.1) is 24.8 Å². The fraction of sp³-hybridized carbons (Fsp3) is 0.471. The highest BCUT2D eigenvalue weighted by molar-refractivity contribution is 7.09. The standard InChI is InChI=1S/C17H23N5OS.2ClH/c1-2-15-19-17(24-20-15)22-9-3-8-21(10-11-22)16(23)12-13-4-6-14(18)7-5-13;;/h4-7H,2-3,8-12,18H2,1H3;2*1H. The molecule has 2 N–H and O–H groups in total. The number of anilines is 2. The predicted octanol–water partition coefficient (Wildman–Crippen LogP) is 2.81. The van der Waals surface area contributed by atoms with Crippen molar-refractivity contribution in [2.45, 2.75) is 26.2 Å². The molecule has 0 saturated carbocycles. The smallest absolute Gasteiger partial charge is 0.227 e. The highest BCUT2D eigenvalue weighted by Crippen LogP contribution is 2.19. The van der Waals surface area contributed by atoms with Crippen molar-refractivity contribution in [1.29, 1.82) is 0 Å². The summed E-state index contributed by atoms with van der Waals surface area (Å²) in [5.74, 6) is 1.07. The molecule has 1 aromatic carbocycles. The van der Waals surface area contributed by atoms with E-state index in [0.29, 0.717) is 6.42 Å². The second kappa shape index (κ2) is 10.5. The summed E-state index contributed by atoms with van der Waals surface area (Å²) in [7, 11) is 0. The molecular weight excluding hydrogens is 393 g/mol. The third-order valence-corrected chi connectivity index (χ3v) is 5.04. The molecule has 1 aliphatic heterocycles. The van der Waals surface area contributed by atoms with Gasteiger partial charge in [0.25, 0.3) is 0 Å². The van der Waals surface area contributed by atoms with Crippen molar-refractivity contribution < 1.29 is 4.79 Å². The lowest BCUT2D eigenvalue weighted by molar-refractivity contribution is -0.130. The van der Waals surface area contributed by atoms with E-state index in [0.717, 1.165) is 61.2 Å². The zero-order valence-corrected chi connectivity index (χ0v) is 17.2. The van der Waals surface area contributed by atoms with Gasteiger partial charge in [-0.05, 0) is 24.1 Å². The summed E-state index contributed by atoms with van der Waals surface area (Å²) in [4.78, 5) is 21.3. The number of benzene rings is 1. The first kappa shape index (κ1) is 22.5. The Bertz CT molecular complexity index is 695. The van der Waals surface area contributed by atoms with Crippen LogP contribution in [0.15, 0.2) is 24.3 Å². The number of rotatable bonds is 4. The van der Waals surface area contributed by atoms with Crippen LogP contribution in [0.2, 0.25) is 0 Å². The predicted molar refractivity (Wildman–Crippen MR) is 112 cm³/mol. The summed E-state index contributed by atoms with van der Waals surface area (Å²) >= 11 is 1.45. The molecule has 144 valence electrons. The molecule has 0 unspecified atom stereocenters. The van der Waals surface area contributed by atoms with Gasteiger partial charge in [-0.3, -0.25) is 4.79 Å². The summed E-state index contributed by atoms with van der Waals surface area (Å²) in [5, 5.41) is 0.972. The number of carbonyl (C=O) groups is 1. The number of aromatic nitrogens is 2. The van der Waals surface area contributed by atoms with Crippen molar-refractivity contribution in [2.24, 2.45) is 0 Å². The van der Waals surface area contributed by atoms with Gasteiger partial charge in [-0.25, -0.2) is 4.98 Å². The number of hydrogen-bond acceptors (Lipinski definition) is 6. The van der Waals surface area contributed by atoms with Crippen LogP contribution in [-0.4, -0.2) is 46.3 Å². The molecule has 0 aliphatic carbocycles. The van der Waals surface area contributed by atoms with Crippen molar-refractivity contribution >= 4 is 53.1 Å². The van der Waals surface area contributed by atoms with Gasteiger partial charge >= 0.3 is 0 Å². The van der Waals surface area contributed by atoms with E-state index in [-0.39, 0.29) is 30.7 Å². The summed E-state index contributed by atoms with van der Waals surface area (Å²) in [6, 6.07) is 7.52. The van der Waals surface area contributed by atoms with Crippen molar-refractivity contribution in [3.63, 3.8) is 0 Å². The fourth-order valence-electron chi connectivity index (χ4n) is 2.80. The number of aryl methyl sites for hydroxylation is 1. The summed E-state index contributed by atoms with van der Waals surface area (Å²) in [5.41, 5.74) is 7.42. The first-order chi connectivity index (χ1) is 11.7. The Balaban J connectivity index is 0.00000169. The van der Waals surface area contributed by atoms with E-state index in [4.69, 9.17) is 5.73 Å². The average Bonchev–Trinajstić information content (AvgIpc) is 2.93. The van der Waals surface area contributed by atoms with Crippen LogP contribution in [0.3, 0.4) is 0 Å². The minimum Gasteiger partial charge on any atom is -0.399 e. The maximum Gasteiger partial charge on any atom is 0.227 e. The third-order valence-electron chi connectivity index (χ3n) is 4.23. The number of hydrogen-bond donors (Lipinski definition) is 1. The van der Waals surface area contributed by atoms with Gasteiger partial charge < -0.3 is 15.5 Å². The van der Waals surface area contributed by atoms with E-state index in [9.17, 15) is 4.79 Å². The molecule has 2 heterocycles. The molecule has 1 saturated heterocycles. The second-order valence-corrected chi connectivity index (χ2v) is 6.72. The number of amides is 1. The second-order valence-electron chi connectivity index (χ2n) is 5.99. The normalized spacial score (nSPS) is 14.2. The minimum absolute atomic E-state index is 0. The molecule has 2 aromatic rings. The molecule has 0 spiro atoms. The number of nitrogens with zero attached hydrogens (tertiary/aromatic N) is 4. The largest absolute Gasteiger partial charge is 0.399 e. The van der Waals surface area contributed by atoms with Gasteiger partial charge in [0, 0.05) is 49.8 Å². The molecule has 26 heavy (non-hydrogen) atoms. The van der Waals surface area contributed by atoms with Gasteiger partial charge in [-0.1, -0.05) is 19.1 Å². The maximum atomic E-state index is 12.5. The number of halogens is 2. The molecule has 1 aromatic heterocycles. The summed E-state index contributed by atoms with van der Waals surface area (Å²) < 4.78 is 4.36. The van der Waals surface area contributed by atoms with E-state index in [1.54, 1.807) is 0 Å². The Morgan fingerprint density at radius 3 is 2.54 bits per heavy atom. The number of nitrogen functional groups attached to an aromatic ring is 1. The van der Waals surface area contributed by atoms with Gasteiger partial charge in [0.15, 0.2) is 0 Å². The third kappa shape index (κ3) is 5.72. The lowest BCUT2D eigenvalue weighted by atomic mass is 10.1. The van der Waals surface area contributed by atoms with Gasteiger partial charge in [0.05, 0.1) is 6.42 Å². The van der Waals surface area contributed by atoms with Gasteiger partial charge in [0.1, 0.15) is 5.82 Å². The zero-order chi connectivity index (χ0) is 16.9. The molecular formula is C17H25Cl2N5OS. The van der Waals surface area contributed by atoms with Gasteiger partial charge in [0.2, 0.25) is 11.0 Å². The first-order valence-corrected chi connectivity index (χ1v) is 9.12. The number of nitrogens with two attached hydrogens (primary N) is 1. The Labute approximate surface area is 170 Å². The van der Waals surface area contributed by atoms with Crippen molar-refractivity contribution in [3.05, 3.63) is 35.7 Å². The highest BCUT2D eigenvalue weighted by Gasteiger charge is 2.21. The Morgan fingerprint density at radius 1 is 1.15 bits per heavy atom. The van der Waals surface area contributed by atoms with Crippen LogP contribution in [0.4, 0.5) is 10.8 Å². The van der Waals surface area contributed by atoms with E-state index in [1.165, 1.54) is 11.5 Å². The fourth-order valence-corrected chi connectivity index (χ4v) is 3.60. The van der Waals surface area contributed by atoms with Crippen molar-refractivity contribution in [1.82, 2.24) is 14.3 Å². The van der Waals surface area contributed by atoms with E-state index < -0.39 is 0 Å². The van der Waals surface area contributed by atoms with Crippen LogP contribution >= 0.6 is 36.3 Å². The summed E-state index contributed by atoms with van der Waals surface area (Å²) in [6.45, 7) is 5.32. The molecule has 1 amide bonds. The van der Waals surface area contributed by atoms with Crippen LogP contribution in [0.1, 0.15) is 24.7 Å². The quantitative estimate of drug-likeness (QED) is 0.773. The Hall–Kier alpha value is -1.57. The molecule has 9 heteroatoms. The molecule has 3 rings (SSSR count). The van der Waals surface area contributed by atoms with E-state index >= 15 is 0 Å². The van der Waals surface area contributed by atoms with Gasteiger partial charge in [-0.2, -0.15) is 4.37 Å². The molecule has 1 fully saturated rings. The Morgan fingerprint density at radius 2 is 1.88 bits per heavy atom.